The predicted octanol–water partition coefficient (Wildman–Crippen LogP) is 2.98. The normalized spacial score (nSPS) is 11.5. The van der Waals surface area contributed by atoms with Crippen molar-refractivity contribution in [3.05, 3.63) is 75.3 Å². The summed E-state index contributed by atoms with van der Waals surface area (Å²) in [7, 11) is 0. The first-order valence-corrected chi connectivity index (χ1v) is 8.13. The van der Waals surface area contributed by atoms with E-state index < -0.39 is 23.4 Å². The molecule has 0 heterocycles. The Hall–Kier alpha value is -3.22. The van der Waals surface area contributed by atoms with E-state index in [0.29, 0.717) is 12.1 Å². The maximum Gasteiger partial charge on any atom is 0.345 e. The Labute approximate surface area is 151 Å². The summed E-state index contributed by atoms with van der Waals surface area (Å²) in [4.78, 5) is 34.4. The van der Waals surface area contributed by atoms with Gasteiger partial charge in [0, 0.05) is 12.1 Å². The van der Waals surface area contributed by atoms with Crippen LogP contribution in [0.15, 0.2) is 48.5 Å². The fraction of sp³-hybridized carbons (Fsp3) is 0.263. The molecule has 0 aliphatic carbocycles. The van der Waals surface area contributed by atoms with Crippen molar-refractivity contribution in [3.63, 3.8) is 0 Å². The number of nitrogens with one attached hydrogen (secondary N) is 1. The van der Waals surface area contributed by atoms with Crippen LogP contribution in [0.25, 0.3) is 0 Å². The van der Waals surface area contributed by atoms with E-state index >= 15 is 0 Å². The van der Waals surface area contributed by atoms with Gasteiger partial charge in [-0.1, -0.05) is 49.4 Å². The van der Waals surface area contributed by atoms with Crippen molar-refractivity contribution in [2.75, 3.05) is 13.2 Å². The number of hydrogen-bond donors (Lipinski definition) is 1. The lowest BCUT2D eigenvalue weighted by Crippen LogP contribution is -2.31. The van der Waals surface area contributed by atoms with Crippen LogP contribution in [0, 0.1) is 17.0 Å². The lowest BCUT2D eigenvalue weighted by molar-refractivity contribution is -0.385. The molecule has 0 fully saturated rings. The molecule has 0 saturated carbocycles. The van der Waals surface area contributed by atoms with Crippen LogP contribution in [0.3, 0.4) is 0 Å². The number of aryl methyl sites for hydroxylation is 1. The van der Waals surface area contributed by atoms with E-state index in [1.165, 1.54) is 25.1 Å². The van der Waals surface area contributed by atoms with Gasteiger partial charge in [-0.25, -0.2) is 4.79 Å². The molecule has 0 aliphatic heterocycles. The van der Waals surface area contributed by atoms with Gasteiger partial charge in [-0.15, -0.1) is 0 Å². The molecule has 1 atom stereocenters. The van der Waals surface area contributed by atoms with Crippen molar-refractivity contribution >= 4 is 17.6 Å². The molecular formula is C19H20N2O5. The second-order valence-electron chi connectivity index (χ2n) is 5.92. The van der Waals surface area contributed by atoms with Crippen LogP contribution >= 0.6 is 0 Å². The van der Waals surface area contributed by atoms with Crippen molar-refractivity contribution in [2.24, 2.45) is 0 Å². The zero-order chi connectivity index (χ0) is 19.1. The van der Waals surface area contributed by atoms with Crippen LogP contribution < -0.4 is 5.32 Å². The number of benzene rings is 2. The second-order valence-corrected chi connectivity index (χ2v) is 5.92. The molecule has 7 nitrogen and oxygen atoms in total. The standard InChI is InChI=1S/C19H20N2O5/c1-13-7-6-10-16(18(13)21(24)25)19(23)26-12-17(22)20-11-14(2)15-8-4-3-5-9-15/h3-10,14H,11-12H2,1-2H3,(H,20,22)/t14-/m0/s1. The van der Waals surface area contributed by atoms with E-state index in [-0.39, 0.29) is 17.2 Å². The Kier molecular flexibility index (Phi) is 6.43. The summed E-state index contributed by atoms with van der Waals surface area (Å²) in [6.45, 7) is 3.40. The topological polar surface area (TPSA) is 98.5 Å². The average Bonchev–Trinajstić information content (AvgIpc) is 2.64. The second kappa shape index (κ2) is 8.75. The number of nitrogens with zero attached hydrogens (tertiary/aromatic N) is 1. The summed E-state index contributed by atoms with van der Waals surface area (Å²) in [5.74, 6) is -1.25. The highest BCUT2D eigenvalue weighted by molar-refractivity contribution is 5.95. The van der Waals surface area contributed by atoms with Gasteiger partial charge in [-0.3, -0.25) is 14.9 Å². The fourth-order valence-corrected chi connectivity index (χ4v) is 2.49. The van der Waals surface area contributed by atoms with Crippen molar-refractivity contribution in [1.29, 1.82) is 0 Å². The molecule has 0 spiro atoms. The summed E-state index contributed by atoms with van der Waals surface area (Å²) in [5.41, 5.74) is 0.960. The van der Waals surface area contributed by atoms with Gasteiger partial charge in [0.25, 0.3) is 11.6 Å². The minimum Gasteiger partial charge on any atom is -0.452 e. The molecule has 2 rings (SSSR count). The van der Waals surface area contributed by atoms with Crippen molar-refractivity contribution in [1.82, 2.24) is 5.32 Å². The molecule has 0 radical (unpaired) electrons. The van der Waals surface area contributed by atoms with Crippen LogP contribution in [0.4, 0.5) is 5.69 Å². The summed E-state index contributed by atoms with van der Waals surface area (Å²) >= 11 is 0. The fourth-order valence-electron chi connectivity index (χ4n) is 2.49. The van der Waals surface area contributed by atoms with Gasteiger partial charge in [0.15, 0.2) is 6.61 Å². The zero-order valence-electron chi connectivity index (χ0n) is 14.6. The highest BCUT2D eigenvalue weighted by Gasteiger charge is 2.24. The number of carbonyl (C=O) groups excluding carboxylic acids is 2. The Morgan fingerprint density at radius 2 is 1.85 bits per heavy atom. The SMILES string of the molecule is Cc1cccc(C(=O)OCC(=O)NC[C@H](C)c2ccccc2)c1[N+](=O)[O-]. The largest absolute Gasteiger partial charge is 0.452 e. The molecule has 0 aliphatic rings. The lowest BCUT2D eigenvalue weighted by atomic mass is 10.0. The first-order chi connectivity index (χ1) is 12.4. The molecule has 136 valence electrons. The quantitative estimate of drug-likeness (QED) is 0.467. The number of nitro groups is 1. The molecule has 26 heavy (non-hydrogen) atoms. The molecule has 7 heteroatoms. The van der Waals surface area contributed by atoms with Crippen molar-refractivity contribution in [2.45, 2.75) is 19.8 Å². The van der Waals surface area contributed by atoms with Crippen molar-refractivity contribution in [3.8, 4) is 0 Å². The van der Waals surface area contributed by atoms with Gasteiger partial charge in [-0.2, -0.15) is 0 Å². The van der Waals surface area contributed by atoms with E-state index in [1.54, 1.807) is 0 Å². The van der Waals surface area contributed by atoms with E-state index in [0.717, 1.165) is 5.56 Å². The molecule has 2 aromatic rings. The number of nitro benzene ring substituents is 1. The molecule has 0 aromatic heterocycles. The number of esters is 1. The van der Waals surface area contributed by atoms with Gasteiger partial charge in [0.2, 0.25) is 0 Å². The molecule has 0 unspecified atom stereocenters. The summed E-state index contributed by atoms with van der Waals surface area (Å²) < 4.78 is 4.92. The Bertz CT molecular complexity index is 805. The Morgan fingerprint density at radius 1 is 1.15 bits per heavy atom. The Balaban J connectivity index is 1.89. The first kappa shape index (κ1) is 19.1. The smallest absolute Gasteiger partial charge is 0.345 e. The molecule has 1 N–H and O–H groups in total. The minimum atomic E-state index is -0.897. The highest BCUT2D eigenvalue weighted by atomic mass is 16.6. The van der Waals surface area contributed by atoms with Gasteiger partial charge < -0.3 is 10.1 Å². The van der Waals surface area contributed by atoms with E-state index in [9.17, 15) is 19.7 Å². The van der Waals surface area contributed by atoms with E-state index in [4.69, 9.17) is 4.74 Å². The van der Waals surface area contributed by atoms with Gasteiger partial charge in [0.05, 0.1) is 4.92 Å². The maximum atomic E-state index is 12.1. The molecule has 0 bridgehead atoms. The van der Waals surface area contributed by atoms with Crippen LogP contribution in [0.5, 0.6) is 0 Å². The first-order valence-electron chi connectivity index (χ1n) is 8.13. The van der Waals surface area contributed by atoms with Gasteiger partial charge in [-0.05, 0) is 24.5 Å². The molecular weight excluding hydrogens is 336 g/mol. The summed E-state index contributed by atoms with van der Waals surface area (Å²) in [6, 6.07) is 14.1. The van der Waals surface area contributed by atoms with Gasteiger partial charge >= 0.3 is 5.97 Å². The van der Waals surface area contributed by atoms with Crippen LogP contribution in [-0.4, -0.2) is 30.0 Å². The van der Waals surface area contributed by atoms with Crippen molar-refractivity contribution < 1.29 is 19.2 Å². The number of rotatable bonds is 7. The van der Waals surface area contributed by atoms with Gasteiger partial charge in [0.1, 0.15) is 5.56 Å². The zero-order valence-corrected chi connectivity index (χ0v) is 14.6. The highest BCUT2D eigenvalue weighted by Crippen LogP contribution is 2.23. The predicted molar refractivity (Wildman–Crippen MR) is 96.0 cm³/mol. The monoisotopic (exact) mass is 356 g/mol. The van der Waals surface area contributed by atoms with Crippen LogP contribution in [0.1, 0.15) is 34.3 Å². The Morgan fingerprint density at radius 3 is 2.50 bits per heavy atom. The summed E-state index contributed by atoms with van der Waals surface area (Å²) in [6.07, 6.45) is 0. The third-order valence-electron chi connectivity index (χ3n) is 3.95. The van der Waals surface area contributed by atoms with Crippen LogP contribution in [0.2, 0.25) is 0 Å². The molecule has 0 saturated heterocycles. The van der Waals surface area contributed by atoms with Crippen LogP contribution in [-0.2, 0) is 9.53 Å². The number of hydrogen-bond acceptors (Lipinski definition) is 5. The van der Waals surface area contributed by atoms with E-state index in [1.807, 2.05) is 37.3 Å². The number of para-hydroxylation sites is 1. The number of carbonyl (C=O) groups is 2. The molecule has 1 amide bonds. The minimum absolute atomic E-state index is 0.105. The lowest BCUT2D eigenvalue weighted by Gasteiger charge is -2.13. The maximum absolute atomic E-state index is 12.1. The summed E-state index contributed by atoms with van der Waals surface area (Å²) in [5, 5.41) is 13.8. The third kappa shape index (κ3) is 4.89. The number of amides is 1. The average molecular weight is 356 g/mol. The molecule has 2 aromatic carbocycles. The van der Waals surface area contributed by atoms with E-state index in [2.05, 4.69) is 5.32 Å². The third-order valence-corrected chi connectivity index (χ3v) is 3.95. The number of ether oxygens (including phenoxy) is 1.